The van der Waals surface area contributed by atoms with Crippen molar-refractivity contribution in [1.29, 1.82) is 0 Å². The maximum atomic E-state index is 15.2. The third-order valence-corrected chi connectivity index (χ3v) is 5.53. The van der Waals surface area contributed by atoms with Crippen LogP contribution in [0.2, 0.25) is 5.15 Å². The number of aromatic nitrogens is 4. The molecule has 0 amide bonds. The number of hydrogen-bond donors (Lipinski definition) is 1. The van der Waals surface area contributed by atoms with E-state index >= 15 is 8.78 Å². The highest BCUT2D eigenvalue weighted by Gasteiger charge is 2.41. The second kappa shape index (κ2) is 8.55. The van der Waals surface area contributed by atoms with Crippen molar-refractivity contribution in [3.63, 3.8) is 0 Å². The van der Waals surface area contributed by atoms with Crippen LogP contribution in [0, 0.1) is 11.6 Å². The van der Waals surface area contributed by atoms with E-state index in [1.165, 1.54) is 10.8 Å². The van der Waals surface area contributed by atoms with Gasteiger partial charge in [-0.1, -0.05) is 11.6 Å². The number of rotatable bonds is 9. The van der Waals surface area contributed by atoms with Crippen molar-refractivity contribution in [3.05, 3.63) is 35.2 Å². The van der Waals surface area contributed by atoms with Gasteiger partial charge in [-0.05, 0) is 34.4 Å². The Bertz CT molecular complexity index is 1150. The van der Waals surface area contributed by atoms with Crippen molar-refractivity contribution in [1.82, 2.24) is 24.5 Å². The summed E-state index contributed by atoms with van der Waals surface area (Å²) in [6.07, 6.45) is 2.00. The number of nitrogens with zero attached hydrogens (tertiary/aromatic N) is 7. The third kappa shape index (κ3) is 4.35. The van der Waals surface area contributed by atoms with Crippen LogP contribution in [0.3, 0.4) is 0 Å². The van der Waals surface area contributed by atoms with Crippen LogP contribution in [0.1, 0.15) is 20.3 Å². The fourth-order valence-corrected chi connectivity index (χ4v) is 3.47. The molecule has 170 valence electrons. The summed E-state index contributed by atoms with van der Waals surface area (Å²) < 4.78 is 37.2. The van der Waals surface area contributed by atoms with E-state index in [2.05, 4.69) is 30.6 Å². The van der Waals surface area contributed by atoms with Gasteiger partial charge in [0.1, 0.15) is 34.7 Å². The van der Waals surface area contributed by atoms with E-state index in [1.807, 2.05) is 32.8 Å². The molecule has 1 aliphatic heterocycles. The van der Waals surface area contributed by atoms with Crippen molar-refractivity contribution in [2.75, 3.05) is 32.6 Å². The Kier molecular flexibility index (Phi) is 5.95. The first kappa shape index (κ1) is 22.3. The van der Waals surface area contributed by atoms with Gasteiger partial charge in [-0.2, -0.15) is 29.8 Å². The number of halogens is 3. The predicted molar refractivity (Wildman–Crippen MR) is 116 cm³/mol. The molecule has 12 heteroatoms. The minimum atomic E-state index is -0.835. The average Bonchev–Trinajstić information content (AvgIpc) is 3.30. The lowest BCUT2D eigenvalue weighted by Gasteiger charge is -2.21. The van der Waals surface area contributed by atoms with Gasteiger partial charge in [0.25, 0.3) is 5.78 Å². The van der Waals surface area contributed by atoms with Crippen LogP contribution in [-0.2, 0) is 0 Å². The Morgan fingerprint density at radius 3 is 2.53 bits per heavy atom. The summed E-state index contributed by atoms with van der Waals surface area (Å²) >= 11 is 6.38. The van der Waals surface area contributed by atoms with E-state index in [0.29, 0.717) is 6.61 Å². The summed E-state index contributed by atoms with van der Waals surface area (Å²) in [6.45, 7) is 4.81. The second-order valence-electron chi connectivity index (χ2n) is 8.03. The lowest BCUT2D eigenvalue weighted by molar-refractivity contribution is 0.279. The van der Waals surface area contributed by atoms with Crippen LogP contribution >= 0.6 is 11.6 Å². The molecule has 32 heavy (non-hydrogen) atoms. The maximum absolute atomic E-state index is 15.2. The zero-order valence-electron chi connectivity index (χ0n) is 18.1. The van der Waals surface area contributed by atoms with Gasteiger partial charge in [0.15, 0.2) is 0 Å². The Labute approximate surface area is 188 Å². The van der Waals surface area contributed by atoms with E-state index in [4.69, 9.17) is 16.3 Å². The minimum Gasteiger partial charge on any atom is -0.493 e. The molecule has 0 bridgehead atoms. The number of fused-ring (bicyclic) bond motifs is 1. The zero-order chi connectivity index (χ0) is 23.0. The highest BCUT2D eigenvalue weighted by atomic mass is 35.5. The number of nitrogens with one attached hydrogen (secondary N) is 1. The summed E-state index contributed by atoms with van der Waals surface area (Å²) in [5.74, 6) is -1.15. The standard InChI is InChI=1S/C20H23ClF2N8O/c1-11(20(2)28-29-20)26-18-16(17(21)27-19-24-10-25-31(18)19)15-13(22)8-12(9-14(15)23)32-7-5-6-30(3)4/h8-11,26H,5-7H2,1-4H3/t11-/m0/s1. The van der Waals surface area contributed by atoms with Gasteiger partial charge in [0.05, 0.1) is 23.8 Å². The van der Waals surface area contributed by atoms with Gasteiger partial charge in [0.2, 0.25) is 5.66 Å². The quantitative estimate of drug-likeness (QED) is 0.379. The monoisotopic (exact) mass is 464 g/mol. The molecular weight excluding hydrogens is 442 g/mol. The summed E-state index contributed by atoms with van der Waals surface area (Å²) in [7, 11) is 3.88. The second-order valence-corrected chi connectivity index (χ2v) is 8.38. The van der Waals surface area contributed by atoms with Crippen molar-refractivity contribution in [3.8, 4) is 16.9 Å². The van der Waals surface area contributed by atoms with E-state index in [0.717, 1.165) is 25.1 Å². The molecule has 1 atom stereocenters. The normalized spacial score (nSPS) is 15.4. The molecule has 0 radical (unpaired) electrons. The molecule has 2 aromatic heterocycles. The van der Waals surface area contributed by atoms with Crippen LogP contribution in [-0.4, -0.2) is 63.4 Å². The molecule has 3 heterocycles. The van der Waals surface area contributed by atoms with Crippen LogP contribution in [0.4, 0.5) is 14.6 Å². The lowest BCUT2D eigenvalue weighted by atomic mass is 10.0. The van der Waals surface area contributed by atoms with Gasteiger partial charge in [-0.25, -0.2) is 8.78 Å². The minimum absolute atomic E-state index is 0.0231. The Balaban J connectivity index is 1.72. The molecule has 0 unspecified atom stereocenters. The van der Waals surface area contributed by atoms with Crippen LogP contribution in [0.25, 0.3) is 16.9 Å². The third-order valence-electron chi connectivity index (χ3n) is 5.26. The number of anilines is 1. The van der Waals surface area contributed by atoms with Gasteiger partial charge in [-0.3, -0.25) is 0 Å². The summed E-state index contributed by atoms with van der Waals surface area (Å²) in [5, 5.41) is 15.2. The lowest BCUT2D eigenvalue weighted by Crippen LogP contribution is -2.32. The molecule has 0 spiro atoms. The molecule has 4 rings (SSSR count). The van der Waals surface area contributed by atoms with Crippen molar-refractivity contribution < 1.29 is 13.5 Å². The van der Waals surface area contributed by atoms with E-state index in [1.54, 1.807) is 0 Å². The van der Waals surface area contributed by atoms with Crippen LogP contribution in [0.5, 0.6) is 5.75 Å². The number of ether oxygens (including phenoxy) is 1. The van der Waals surface area contributed by atoms with Gasteiger partial charge in [0, 0.05) is 18.7 Å². The topological polar surface area (TPSA) is 92.3 Å². The molecule has 0 saturated heterocycles. The van der Waals surface area contributed by atoms with Crippen molar-refractivity contribution in [2.24, 2.45) is 10.2 Å². The van der Waals surface area contributed by atoms with Crippen LogP contribution < -0.4 is 10.1 Å². The molecule has 1 N–H and O–H groups in total. The predicted octanol–water partition coefficient (Wildman–Crippen LogP) is 4.04. The van der Waals surface area contributed by atoms with Gasteiger partial charge < -0.3 is 15.0 Å². The number of hydrogen-bond acceptors (Lipinski definition) is 8. The molecular formula is C20H23ClF2N8O. The van der Waals surface area contributed by atoms with Gasteiger partial charge >= 0.3 is 0 Å². The highest BCUT2D eigenvalue weighted by Crippen LogP contribution is 2.40. The van der Waals surface area contributed by atoms with E-state index in [-0.39, 0.29) is 39.7 Å². The Hall–Kier alpha value is -2.92. The summed E-state index contributed by atoms with van der Waals surface area (Å²) in [6, 6.07) is 1.96. The Morgan fingerprint density at radius 1 is 1.22 bits per heavy atom. The van der Waals surface area contributed by atoms with Crippen molar-refractivity contribution in [2.45, 2.75) is 32.0 Å². The first-order valence-corrected chi connectivity index (χ1v) is 10.4. The average molecular weight is 465 g/mol. The zero-order valence-corrected chi connectivity index (χ0v) is 18.9. The summed E-state index contributed by atoms with van der Waals surface area (Å²) in [4.78, 5) is 10.2. The molecule has 0 saturated carbocycles. The summed E-state index contributed by atoms with van der Waals surface area (Å²) in [5.41, 5.74) is -0.971. The maximum Gasteiger partial charge on any atom is 0.255 e. The van der Waals surface area contributed by atoms with E-state index in [9.17, 15) is 0 Å². The van der Waals surface area contributed by atoms with Gasteiger partial charge in [-0.15, -0.1) is 0 Å². The smallest absolute Gasteiger partial charge is 0.255 e. The SMILES string of the molecule is C[C@H](Nc1c(-c2c(F)cc(OCCCN(C)C)cc2F)c(Cl)nc2ncnn12)C1(C)N=N1. The van der Waals surface area contributed by atoms with Crippen LogP contribution in [0.15, 0.2) is 28.7 Å². The Morgan fingerprint density at radius 2 is 1.91 bits per heavy atom. The largest absolute Gasteiger partial charge is 0.493 e. The number of benzene rings is 1. The highest BCUT2D eigenvalue weighted by molar-refractivity contribution is 6.33. The molecule has 9 nitrogen and oxygen atoms in total. The fraction of sp³-hybridized carbons (Fsp3) is 0.450. The molecule has 0 aliphatic carbocycles. The fourth-order valence-electron chi connectivity index (χ4n) is 3.21. The molecule has 1 aliphatic rings. The first-order chi connectivity index (χ1) is 15.2. The van der Waals surface area contributed by atoms with Crippen molar-refractivity contribution >= 4 is 23.2 Å². The first-order valence-electron chi connectivity index (χ1n) is 10.1. The molecule has 1 aromatic carbocycles. The van der Waals surface area contributed by atoms with E-state index < -0.39 is 17.3 Å². The molecule has 3 aromatic rings. The molecule has 0 fully saturated rings.